The topological polar surface area (TPSA) is 101 Å². The first-order chi connectivity index (χ1) is 15.3. The third-order valence-electron chi connectivity index (χ3n) is 5.30. The van der Waals surface area contributed by atoms with Gasteiger partial charge < -0.3 is 4.74 Å². The summed E-state index contributed by atoms with van der Waals surface area (Å²) in [5.74, 6) is -1.25. The van der Waals surface area contributed by atoms with Gasteiger partial charge in [0.1, 0.15) is 0 Å². The van der Waals surface area contributed by atoms with E-state index in [1.165, 1.54) is 33.5 Å². The molecule has 0 spiro atoms. The Hall–Kier alpha value is -3.04. The maximum absolute atomic E-state index is 12.6. The van der Waals surface area contributed by atoms with Crippen molar-refractivity contribution >= 4 is 27.8 Å². The Kier molecular flexibility index (Phi) is 7.42. The minimum Gasteiger partial charge on any atom is -0.462 e. The number of nitrogens with zero attached hydrogens (tertiary/aromatic N) is 2. The Morgan fingerprint density at radius 1 is 0.938 bits per heavy atom. The summed E-state index contributed by atoms with van der Waals surface area (Å²) in [4.78, 5) is 38.3. The summed E-state index contributed by atoms with van der Waals surface area (Å²) in [5.41, 5.74) is 0.963. The van der Waals surface area contributed by atoms with Crippen molar-refractivity contribution in [1.29, 1.82) is 0 Å². The fourth-order valence-electron chi connectivity index (χ4n) is 3.56. The van der Waals surface area contributed by atoms with Crippen molar-refractivity contribution in [2.75, 3.05) is 26.2 Å². The number of carbonyl (C=O) groups excluding carboxylic acids is 3. The van der Waals surface area contributed by atoms with Gasteiger partial charge in [-0.25, -0.2) is 13.2 Å². The monoisotopic (exact) mass is 458 g/mol. The summed E-state index contributed by atoms with van der Waals surface area (Å²) in [6, 6.07) is 12.5. The van der Waals surface area contributed by atoms with E-state index in [9.17, 15) is 22.8 Å². The molecule has 1 aliphatic heterocycles. The van der Waals surface area contributed by atoms with E-state index in [4.69, 9.17) is 4.74 Å². The molecular formula is C23H26N2O6S. The van der Waals surface area contributed by atoms with Crippen LogP contribution in [0.15, 0.2) is 53.4 Å². The lowest BCUT2D eigenvalue weighted by Crippen LogP contribution is -2.31. The molecule has 2 aromatic rings. The first-order valence-corrected chi connectivity index (χ1v) is 12.0. The minimum atomic E-state index is -3.67. The van der Waals surface area contributed by atoms with Crippen LogP contribution in [0, 0.1) is 0 Å². The number of imide groups is 1. The van der Waals surface area contributed by atoms with Gasteiger partial charge in [0, 0.05) is 19.6 Å². The highest BCUT2D eigenvalue weighted by Crippen LogP contribution is 2.22. The zero-order valence-corrected chi connectivity index (χ0v) is 18.9. The molecule has 2 amide bonds. The molecule has 0 saturated heterocycles. The highest BCUT2D eigenvalue weighted by atomic mass is 32.2. The first-order valence-electron chi connectivity index (χ1n) is 10.5. The molecule has 1 heterocycles. The van der Waals surface area contributed by atoms with E-state index in [1.807, 2.05) is 0 Å². The number of hydrogen-bond acceptors (Lipinski definition) is 6. The van der Waals surface area contributed by atoms with Crippen molar-refractivity contribution in [2.24, 2.45) is 0 Å². The summed E-state index contributed by atoms with van der Waals surface area (Å²) in [6.45, 7) is 4.50. The van der Waals surface area contributed by atoms with Crippen molar-refractivity contribution in [3.63, 3.8) is 0 Å². The molecule has 8 nitrogen and oxygen atoms in total. The lowest BCUT2D eigenvalue weighted by atomic mass is 10.1. The van der Waals surface area contributed by atoms with Gasteiger partial charge in [-0.15, -0.1) is 0 Å². The average molecular weight is 459 g/mol. The highest BCUT2D eigenvalue weighted by molar-refractivity contribution is 7.89. The van der Waals surface area contributed by atoms with Crippen LogP contribution in [-0.4, -0.2) is 61.6 Å². The van der Waals surface area contributed by atoms with Crippen molar-refractivity contribution in [3.05, 3.63) is 65.2 Å². The van der Waals surface area contributed by atoms with Gasteiger partial charge in [0.05, 0.1) is 28.2 Å². The van der Waals surface area contributed by atoms with Gasteiger partial charge in [-0.1, -0.05) is 32.0 Å². The molecule has 0 N–H and O–H groups in total. The molecule has 2 aromatic carbocycles. The lowest BCUT2D eigenvalue weighted by Gasteiger charge is -2.18. The van der Waals surface area contributed by atoms with E-state index in [0.717, 1.165) is 0 Å². The highest BCUT2D eigenvalue weighted by Gasteiger charge is 2.34. The molecule has 170 valence electrons. The molecule has 0 atom stereocenters. The number of fused-ring (bicyclic) bond motifs is 1. The van der Waals surface area contributed by atoms with E-state index >= 15 is 0 Å². The first kappa shape index (κ1) is 23.6. The Morgan fingerprint density at radius 2 is 1.56 bits per heavy atom. The predicted octanol–water partition coefficient (Wildman–Crippen LogP) is 2.95. The Morgan fingerprint density at radius 3 is 2.16 bits per heavy atom. The largest absolute Gasteiger partial charge is 0.462 e. The van der Waals surface area contributed by atoms with Gasteiger partial charge in [0.15, 0.2) is 0 Å². The van der Waals surface area contributed by atoms with Gasteiger partial charge in [0.25, 0.3) is 11.8 Å². The summed E-state index contributed by atoms with van der Waals surface area (Å²) in [5, 5.41) is 0. The average Bonchev–Trinajstić information content (AvgIpc) is 3.04. The second kappa shape index (κ2) is 10.1. The molecule has 0 unspecified atom stereocenters. The van der Waals surface area contributed by atoms with Crippen LogP contribution in [-0.2, 0) is 14.8 Å². The van der Waals surface area contributed by atoms with E-state index < -0.39 is 16.0 Å². The number of ether oxygens (including phenoxy) is 1. The van der Waals surface area contributed by atoms with Crippen LogP contribution in [0.5, 0.6) is 0 Å². The van der Waals surface area contributed by atoms with Gasteiger partial charge in [-0.05, 0) is 43.2 Å². The number of amides is 2. The quantitative estimate of drug-likeness (QED) is 0.308. The van der Waals surface area contributed by atoms with Crippen molar-refractivity contribution in [1.82, 2.24) is 9.21 Å². The third kappa shape index (κ3) is 4.73. The maximum Gasteiger partial charge on any atom is 0.338 e. The predicted molar refractivity (Wildman–Crippen MR) is 118 cm³/mol. The van der Waals surface area contributed by atoms with Crippen LogP contribution < -0.4 is 0 Å². The van der Waals surface area contributed by atoms with Crippen molar-refractivity contribution in [3.8, 4) is 0 Å². The van der Waals surface area contributed by atoms with Crippen LogP contribution in [0.2, 0.25) is 0 Å². The van der Waals surface area contributed by atoms with Crippen LogP contribution in [0.25, 0.3) is 0 Å². The fraction of sp³-hybridized carbons (Fsp3) is 0.348. The molecule has 0 aliphatic carbocycles. The molecule has 0 fully saturated rings. The zero-order chi connectivity index (χ0) is 23.3. The number of unbranched alkanes of at least 4 members (excludes halogenated alkanes) is 1. The fourth-order valence-corrected chi connectivity index (χ4v) is 5.06. The molecule has 32 heavy (non-hydrogen) atoms. The summed E-state index contributed by atoms with van der Waals surface area (Å²) < 4.78 is 31.9. The molecule has 0 bridgehead atoms. The second-order valence-electron chi connectivity index (χ2n) is 7.27. The van der Waals surface area contributed by atoms with E-state index in [-0.39, 0.29) is 35.4 Å². The molecule has 0 aromatic heterocycles. The number of esters is 1. The molecule has 1 aliphatic rings. The van der Waals surface area contributed by atoms with Crippen molar-refractivity contribution in [2.45, 2.75) is 31.6 Å². The normalized spacial score (nSPS) is 13.5. The van der Waals surface area contributed by atoms with Crippen molar-refractivity contribution < 1.29 is 27.5 Å². The summed E-state index contributed by atoms with van der Waals surface area (Å²) in [7, 11) is -3.67. The number of benzene rings is 2. The number of carbonyl (C=O) groups is 3. The van der Waals surface area contributed by atoms with E-state index in [2.05, 4.69) is 0 Å². The van der Waals surface area contributed by atoms with Crippen LogP contribution >= 0.6 is 0 Å². The third-order valence-corrected chi connectivity index (χ3v) is 7.35. The minimum absolute atomic E-state index is 0.0428. The number of sulfonamides is 1. The van der Waals surface area contributed by atoms with Crippen LogP contribution in [0.3, 0.4) is 0 Å². The van der Waals surface area contributed by atoms with Crippen LogP contribution in [0.1, 0.15) is 57.8 Å². The molecule has 0 radical (unpaired) electrons. The molecule has 0 saturated carbocycles. The van der Waals surface area contributed by atoms with E-state index in [0.29, 0.717) is 37.1 Å². The smallest absolute Gasteiger partial charge is 0.338 e. The van der Waals surface area contributed by atoms with Gasteiger partial charge in [0.2, 0.25) is 10.0 Å². The molecular weight excluding hydrogens is 432 g/mol. The zero-order valence-electron chi connectivity index (χ0n) is 18.1. The molecule has 9 heteroatoms. The Bertz CT molecular complexity index is 1090. The van der Waals surface area contributed by atoms with Gasteiger partial charge in [-0.3, -0.25) is 14.5 Å². The second-order valence-corrected chi connectivity index (χ2v) is 9.21. The van der Waals surface area contributed by atoms with Gasteiger partial charge in [-0.2, -0.15) is 4.31 Å². The van der Waals surface area contributed by atoms with E-state index in [1.54, 1.807) is 38.1 Å². The molecule has 3 rings (SSSR count). The van der Waals surface area contributed by atoms with Crippen LogP contribution in [0.4, 0.5) is 0 Å². The number of hydrogen-bond donors (Lipinski definition) is 0. The number of rotatable bonds is 10. The Labute approximate surface area is 187 Å². The standard InChI is InChI=1S/C23H26N2O6S/c1-3-24(4-2)32(29,30)18-11-9-10-17(16-18)23(28)31-15-8-7-14-25-21(26)19-12-5-6-13-20(19)22(25)27/h5-6,9-13,16H,3-4,7-8,14-15H2,1-2H3. The lowest BCUT2D eigenvalue weighted by molar-refractivity contribution is 0.0485. The SMILES string of the molecule is CCN(CC)S(=O)(=O)c1cccc(C(=O)OCCCCN2C(=O)c3ccccc3C2=O)c1. The maximum atomic E-state index is 12.6. The Balaban J connectivity index is 1.51. The summed E-state index contributed by atoms with van der Waals surface area (Å²) >= 11 is 0. The van der Waals surface area contributed by atoms with Gasteiger partial charge >= 0.3 is 5.97 Å². The summed E-state index contributed by atoms with van der Waals surface area (Å²) in [6.07, 6.45) is 0.936.